The first-order valence-electron chi connectivity index (χ1n) is 12.4. The van der Waals surface area contributed by atoms with E-state index in [0.29, 0.717) is 30.2 Å². The normalized spacial score (nSPS) is 19.1. The predicted molar refractivity (Wildman–Crippen MR) is 133 cm³/mol. The number of allylic oxidation sites excluding steroid dienone is 1. The fourth-order valence-corrected chi connectivity index (χ4v) is 4.15. The molecule has 3 atom stereocenters. The molecule has 182 valence electrons. The molecule has 33 heavy (non-hydrogen) atoms. The maximum absolute atomic E-state index is 12.6. The summed E-state index contributed by atoms with van der Waals surface area (Å²) in [7, 11) is 0. The molecule has 0 aromatic heterocycles. The van der Waals surface area contributed by atoms with Gasteiger partial charge in [0.15, 0.2) is 0 Å². The third-order valence-electron chi connectivity index (χ3n) is 6.17. The number of aliphatic hydroxyl groups is 1. The first-order valence-corrected chi connectivity index (χ1v) is 12.4. The zero-order valence-corrected chi connectivity index (χ0v) is 20.2. The molecule has 1 aliphatic carbocycles. The van der Waals surface area contributed by atoms with Crippen LogP contribution >= 0.6 is 0 Å². The smallest absolute Gasteiger partial charge is 0.343 e. The lowest BCUT2D eigenvalue weighted by atomic mass is 9.97. The number of hydrogen-bond donors (Lipinski definition) is 2. The quantitative estimate of drug-likeness (QED) is 0.135. The van der Waals surface area contributed by atoms with Gasteiger partial charge in [-0.25, -0.2) is 4.79 Å². The van der Waals surface area contributed by atoms with Crippen LogP contribution in [0.25, 0.3) is 0 Å². The number of carbonyl (C=O) groups is 1. The number of benzene rings is 1. The molecule has 1 aromatic rings. The molecular weight excluding hydrogens is 416 g/mol. The second kappa shape index (κ2) is 15.4. The minimum Gasteiger partial charge on any atom is -0.426 e. The third-order valence-corrected chi connectivity index (χ3v) is 6.17. The summed E-state index contributed by atoms with van der Waals surface area (Å²) in [6.07, 6.45) is 12.8. The van der Waals surface area contributed by atoms with Crippen LogP contribution in [-0.2, 0) is 4.74 Å². The number of nitroso groups, excluding NO2 is 1. The van der Waals surface area contributed by atoms with Gasteiger partial charge in [0.1, 0.15) is 11.8 Å². The van der Waals surface area contributed by atoms with E-state index in [2.05, 4.69) is 36.5 Å². The van der Waals surface area contributed by atoms with Gasteiger partial charge >= 0.3 is 5.97 Å². The van der Waals surface area contributed by atoms with Crippen LogP contribution in [0.3, 0.4) is 0 Å². The molecule has 1 aromatic carbocycles. The maximum atomic E-state index is 12.6. The Hall–Kier alpha value is -2.47. The van der Waals surface area contributed by atoms with Gasteiger partial charge in [-0.15, -0.1) is 0 Å². The molecule has 1 aliphatic rings. The summed E-state index contributed by atoms with van der Waals surface area (Å²) in [6.45, 7) is 5.37. The summed E-state index contributed by atoms with van der Waals surface area (Å²) >= 11 is 0. The Bertz CT molecular complexity index is 776. The van der Waals surface area contributed by atoms with Crippen molar-refractivity contribution >= 4 is 5.97 Å². The predicted octanol–water partition coefficient (Wildman–Crippen LogP) is 6.12. The molecule has 3 unspecified atom stereocenters. The van der Waals surface area contributed by atoms with Crippen LogP contribution < -0.4 is 5.32 Å². The molecule has 0 amide bonds. The minimum atomic E-state index is -0.489. The molecule has 0 saturated heterocycles. The monoisotopic (exact) mass is 456 g/mol. The Kier molecular flexibility index (Phi) is 12.5. The Labute approximate surface area is 198 Å². The summed E-state index contributed by atoms with van der Waals surface area (Å²) < 4.78 is 5.74. The van der Waals surface area contributed by atoms with E-state index in [1.54, 1.807) is 24.3 Å². The first-order chi connectivity index (χ1) is 16.1. The van der Waals surface area contributed by atoms with E-state index < -0.39 is 12.0 Å². The van der Waals surface area contributed by atoms with Gasteiger partial charge in [-0.2, -0.15) is 4.91 Å². The van der Waals surface area contributed by atoms with Crippen molar-refractivity contribution in [2.75, 3.05) is 13.2 Å². The van der Waals surface area contributed by atoms with Crippen molar-refractivity contribution in [2.24, 2.45) is 17.0 Å². The fraction of sp³-hybridized carbons (Fsp3) is 0.593. The Morgan fingerprint density at radius 3 is 2.70 bits per heavy atom. The standard InChI is InChI=1S/C27H40N2O4/c1-3-4-13-21(2)14-9-10-17-23-24(29-32)20-25(26(23)28-18-11-6-12-19-30)33-27(31)22-15-7-5-8-16-22/h5,7-8,10,15-17,21,23-24,28,30H,3-4,6,9,11-14,18-20H2,1-2H3/b17-10+. The second-order valence-electron chi connectivity index (χ2n) is 8.96. The molecule has 0 fully saturated rings. The van der Waals surface area contributed by atoms with Crippen LogP contribution in [0, 0.1) is 16.7 Å². The van der Waals surface area contributed by atoms with E-state index in [0.717, 1.165) is 37.8 Å². The van der Waals surface area contributed by atoms with Crippen molar-refractivity contribution < 1.29 is 14.6 Å². The second-order valence-corrected chi connectivity index (χ2v) is 8.96. The molecule has 6 heteroatoms. The average molecular weight is 457 g/mol. The van der Waals surface area contributed by atoms with Gasteiger partial charge in [-0.3, -0.25) is 0 Å². The molecule has 2 N–H and O–H groups in total. The zero-order valence-electron chi connectivity index (χ0n) is 20.2. The van der Waals surface area contributed by atoms with Gasteiger partial charge in [0.2, 0.25) is 0 Å². The van der Waals surface area contributed by atoms with Crippen LogP contribution in [0.1, 0.15) is 82.0 Å². The van der Waals surface area contributed by atoms with Crippen molar-refractivity contribution in [3.05, 3.63) is 64.4 Å². The molecule has 0 heterocycles. The first kappa shape index (κ1) is 26.8. The molecular formula is C27H40N2O4. The summed E-state index contributed by atoms with van der Waals surface area (Å²) in [5, 5.41) is 15.8. The van der Waals surface area contributed by atoms with Gasteiger partial charge < -0.3 is 15.2 Å². The number of aliphatic hydroxyl groups excluding tert-OH is 1. The SMILES string of the molecule is CCCCC(C)CC/C=C/C1C(NCCCCCO)=C(OC(=O)c2ccccc2)CC1N=O. The van der Waals surface area contributed by atoms with Gasteiger partial charge in [0.05, 0.1) is 11.3 Å². The molecule has 0 bridgehead atoms. The van der Waals surface area contributed by atoms with Crippen LogP contribution in [0.4, 0.5) is 0 Å². The number of unbranched alkanes of at least 4 members (excludes halogenated alkanes) is 3. The van der Waals surface area contributed by atoms with Crippen molar-refractivity contribution in [2.45, 2.75) is 77.7 Å². The average Bonchev–Trinajstić information content (AvgIpc) is 3.16. The van der Waals surface area contributed by atoms with E-state index in [-0.39, 0.29) is 12.5 Å². The van der Waals surface area contributed by atoms with E-state index in [4.69, 9.17) is 9.84 Å². The maximum Gasteiger partial charge on any atom is 0.343 e. The van der Waals surface area contributed by atoms with Gasteiger partial charge in [0.25, 0.3) is 0 Å². The Morgan fingerprint density at radius 2 is 2.00 bits per heavy atom. The van der Waals surface area contributed by atoms with E-state index >= 15 is 0 Å². The number of carbonyl (C=O) groups excluding carboxylic acids is 1. The zero-order chi connectivity index (χ0) is 23.9. The van der Waals surface area contributed by atoms with Crippen LogP contribution in [0.2, 0.25) is 0 Å². The topological polar surface area (TPSA) is 88.0 Å². The van der Waals surface area contributed by atoms with E-state index in [1.165, 1.54) is 19.3 Å². The molecule has 0 aliphatic heterocycles. The number of hydrogen-bond acceptors (Lipinski definition) is 6. The highest BCUT2D eigenvalue weighted by Crippen LogP contribution is 2.35. The Balaban J connectivity index is 2.10. The lowest BCUT2D eigenvalue weighted by Gasteiger charge is -2.16. The molecule has 0 spiro atoms. The Morgan fingerprint density at radius 1 is 1.21 bits per heavy atom. The number of ether oxygens (including phenoxy) is 1. The van der Waals surface area contributed by atoms with E-state index in [9.17, 15) is 9.70 Å². The van der Waals surface area contributed by atoms with Crippen molar-refractivity contribution in [3.63, 3.8) is 0 Å². The van der Waals surface area contributed by atoms with Crippen LogP contribution in [0.5, 0.6) is 0 Å². The number of esters is 1. The highest BCUT2D eigenvalue weighted by atomic mass is 16.5. The van der Waals surface area contributed by atoms with Crippen LogP contribution in [0.15, 0.2) is 59.1 Å². The van der Waals surface area contributed by atoms with Crippen LogP contribution in [-0.4, -0.2) is 30.3 Å². The summed E-state index contributed by atoms with van der Waals surface area (Å²) in [4.78, 5) is 24.3. The number of nitrogens with one attached hydrogen (secondary N) is 1. The molecule has 0 radical (unpaired) electrons. The lowest BCUT2D eigenvalue weighted by molar-refractivity contribution is 0.0613. The van der Waals surface area contributed by atoms with Crippen molar-refractivity contribution in [3.8, 4) is 0 Å². The molecule has 2 rings (SSSR count). The summed E-state index contributed by atoms with van der Waals surface area (Å²) in [5.74, 6) is 0.538. The number of nitrogens with zero attached hydrogens (tertiary/aromatic N) is 1. The fourth-order valence-electron chi connectivity index (χ4n) is 4.15. The largest absolute Gasteiger partial charge is 0.426 e. The molecule has 0 saturated carbocycles. The van der Waals surface area contributed by atoms with Gasteiger partial charge in [-0.1, -0.05) is 68.6 Å². The summed E-state index contributed by atoms with van der Waals surface area (Å²) in [6, 6.07) is 8.38. The minimum absolute atomic E-state index is 0.182. The third kappa shape index (κ3) is 9.12. The van der Waals surface area contributed by atoms with Crippen molar-refractivity contribution in [1.82, 2.24) is 5.32 Å². The summed E-state index contributed by atoms with van der Waals surface area (Å²) in [5.41, 5.74) is 1.26. The number of rotatable bonds is 16. The van der Waals surface area contributed by atoms with Crippen molar-refractivity contribution in [1.29, 1.82) is 0 Å². The highest BCUT2D eigenvalue weighted by Gasteiger charge is 2.36. The van der Waals surface area contributed by atoms with E-state index in [1.807, 2.05) is 6.07 Å². The van der Waals surface area contributed by atoms with Gasteiger partial charge in [0, 0.05) is 25.5 Å². The highest BCUT2D eigenvalue weighted by molar-refractivity contribution is 5.90. The molecule has 6 nitrogen and oxygen atoms in total. The van der Waals surface area contributed by atoms with Gasteiger partial charge in [-0.05, 0) is 50.2 Å². The lowest BCUT2D eigenvalue weighted by Crippen LogP contribution is -2.23.